The van der Waals surface area contributed by atoms with Crippen LogP contribution in [0.5, 0.6) is 5.75 Å². The number of nitrogens with zero attached hydrogens (tertiary/aromatic N) is 4. The zero-order valence-electron chi connectivity index (χ0n) is 16.2. The Bertz CT molecular complexity index is 862. The predicted molar refractivity (Wildman–Crippen MR) is 104 cm³/mol. The monoisotopic (exact) mass is 421 g/mol. The summed E-state index contributed by atoms with van der Waals surface area (Å²) in [6, 6.07) is 9.14. The van der Waals surface area contributed by atoms with E-state index < -0.39 is 6.36 Å². The van der Waals surface area contributed by atoms with Crippen LogP contribution >= 0.6 is 0 Å². The van der Waals surface area contributed by atoms with Gasteiger partial charge in [0.15, 0.2) is 5.82 Å². The van der Waals surface area contributed by atoms with Crippen LogP contribution in [-0.4, -0.2) is 60.1 Å². The molecule has 0 spiro atoms. The lowest BCUT2D eigenvalue weighted by Gasteiger charge is -2.34. The van der Waals surface area contributed by atoms with Gasteiger partial charge in [0.1, 0.15) is 5.75 Å². The van der Waals surface area contributed by atoms with E-state index in [0.717, 1.165) is 36.7 Å². The fraction of sp³-hybridized carbons (Fsp3) is 0.450. The van der Waals surface area contributed by atoms with Crippen molar-refractivity contribution < 1.29 is 22.7 Å². The van der Waals surface area contributed by atoms with Crippen LogP contribution < -0.4 is 15.0 Å². The minimum absolute atomic E-state index is 0.209. The van der Waals surface area contributed by atoms with E-state index in [1.807, 2.05) is 17.0 Å². The Morgan fingerprint density at radius 2 is 1.73 bits per heavy atom. The van der Waals surface area contributed by atoms with Crippen LogP contribution in [0.2, 0.25) is 0 Å². The maximum Gasteiger partial charge on any atom is 0.573 e. The molecule has 0 atom stereocenters. The topological polar surface area (TPSA) is 70.6 Å². The number of ether oxygens (including phenoxy) is 1. The second-order valence-electron chi connectivity index (χ2n) is 7.47. The molecule has 10 heteroatoms. The third-order valence-corrected chi connectivity index (χ3v) is 5.10. The van der Waals surface area contributed by atoms with Crippen molar-refractivity contribution in [2.24, 2.45) is 0 Å². The molecule has 4 rings (SSSR count). The number of aromatic nitrogens is 2. The smallest absolute Gasteiger partial charge is 0.406 e. The largest absolute Gasteiger partial charge is 0.573 e. The zero-order chi connectivity index (χ0) is 21.1. The number of hydrogen-bond acceptors (Lipinski definition) is 6. The molecule has 30 heavy (non-hydrogen) atoms. The van der Waals surface area contributed by atoms with Crippen LogP contribution in [0.4, 0.5) is 24.7 Å². The summed E-state index contributed by atoms with van der Waals surface area (Å²) in [6.45, 7) is 3.11. The summed E-state index contributed by atoms with van der Waals surface area (Å²) in [5, 5.41) is 11.3. The van der Waals surface area contributed by atoms with Gasteiger partial charge in [0.05, 0.1) is 12.2 Å². The normalized spacial score (nSPS) is 17.6. The van der Waals surface area contributed by atoms with E-state index in [1.165, 1.54) is 25.0 Å². The van der Waals surface area contributed by atoms with Gasteiger partial charge >= 0.3 is 6.36 Å². The van der Waals surface area contributed by atoms with Gasteiger partial charge in [0, 0.05) is 37.8 Å². The number of hydrogen-bond donors (Lipinski definition) is 1. The summed E-state index contributed by atoms with van der Waals surface area (Å²) in [6.07, 6.45) is -2.35. The number of nitrogens with one attached hydrogen (secondary N) is 1. The SMILES string of the molecule is O=C(CN1CCN(c2ccc(C3CC3)nn2)CC1)Nc1ccc(OC(F)(F)F)cc1. The number of benzene rings is 1. The summed E-state index contributed by atoms with van der Waals surface area (Å²) in [5.41, 5.74) is 1.48. The molecule has 0 unspecified atom stereocenters. The Hall–Kier alpha value is -2.88. The molecule has 1 aliphatic carbocycles. The Kier molecular flexibility index (Phi) is 5.76. The highest BCUT2D eigenvalue weighted by atomic mass is 19.4. The van der Waals surface area contributed by atoms with Crippen LogP contribution in [-0.2, 0) is 4.79 Å². The molecule has 0 bridgehead atoms. The van der Waals surface area contributed by atoms with Crippen molar-refractivity contribution in [2.75, 3.05) is 42.9 Å². The minimum atomic E-state index is -4.74. The lowest BCUT2D eigenvalue weighted by molar-refractivity contribution is -0.274. The maximum atomic E-state index is 12.3. The number of rotatable bonds is 6. The van der Waals surface area contributed by atoms with Crippen molar-refractivity contribution in [2.45, 2.75) is 25.1 Å². The molecule has 2 aliphatic rings. The van der Waals surface area contributed by atoms with Gasteiger partial charge in [-0.15, -0.1) is 18.3 Å². The quantitative estimate of drug-likeness (QED) is 0.773. The number of halogens is 3. The molecule has 1 aliphatic heterocycles. The Morgan fingerprint density at radius 3 is 2.30 bits per heavy atom. The van der Waals surface area contributed by atoms with E-state index in [1.54, 1.807) is 0 Å². The lowest BCUT2D eigenvalue weighted by Crippen LogP contribution is -2.49. The van der Waals surface area contributed by atoms with Gasteiger partial charge in [-0.3, -0.25) is 9.69 Å². The molecule has 1 aromatic carbocycles. The minimum Gasteiger partial charge on any atom is -0.406 e. The third kappa shape index (κ3) is 5.59. The summed E-state index contributed by atoms with van der Waals surface area (Å²) in [7, 11) is 0. The van der Waals surface area contributed by atoms with E-state index >= 15 is 0 Å². The van der Waals surface area contributed by atoms with E-state index in [-0.39, 0.29) is 18.2 Å². The Balaban J connectivity index is 1.22. The first-order valence-electron chi connectivity index (χ1n) is 9.82. The molecule has 1 amide bonds. The highest BCUT2D eigenvalue weighted by Crippen LogP contribution is 2.38. The van der Waals surface area contributed by atoms with Crippen molar-refractivity contribution in [1.82, 2.24) is 15.1 Å². The lowest BCUT2D eigenvalue weighted by atomic mass is 10.2. The fourth-order valence-corrected chi connectivity index (χ4v) is 3.38. The first-order valence-corrected chi connectivity index (χ1v) is 9.82. The van der Waals surface area contributed by atoms with E-state index in [9.17, 15) is 18.0 Å². The number of alkyl halides is 3. The molecule has 2 heterocycles. The van der Waals surface area contributed by atoms with E-state index in [4.69, 9.17) is 0 Å². The van der Waals surface area contributed by atoms with Gasteiger partial charge in [-0.25, -0.2) is 0 Å². The molecule has 1 aromatic heterocycles. The highest BCUT2D eigenvalue weighted by Gasteiger charge is 2.31. The van der Waals surface area contributed by atoms with E-state index in [0.29, 0.717) is 24.7 Å². The predicted octanol–water partition coefficient (Wildman–Crippen LogP) is 3.01. The molecule has 160 valence electrons. The molecule has 2 aromatic rings. The van der Waals surface area contributed by atoms with Gasteiger partial charge in [-0.05, 0) is 49.2 Å². The molecule has 0 radical (unpaired) electrons. The summed E-state index contributed by atoms with van der Waals surface area (Å²) >= 11 is 0. The standard InChI is InChI=1S/C20H22F3N5O2/c21-20(22,23)30-16-5-3-15(4-6-16)24-19(29)13-27-9-11-28(12-10-27)18-8-7-17(25-26-18)14-1-2-14/h3-8,14H,1-2,9-13H2,(H,24,29). The Labute approximate surface area is 171 Å². The number of carbonyl (C=O) groups is 1. The highest BCUT2D eigenvalue weighted by molar-refractivity contribution is 5.92. The van der Waals surface area contributed by atoms with Crippen LogP contribution in [0.15, 0.2) is 36.4 Å². The summed E-state index contributed by atoms with van der Waals surface area (Å²) in [5.74, 6) is 0.881. The van der Waals surface area contributed by atoms with Gasteiger partial charge < -0.3 is 15.0 Å². The second kappa shape index (κ2) is 8.47. The fourth-order valence-electron chi connectivity index (χ4n) is 3.38. The van der Waals surface area contributed by atoms with Crippen LogP contribution in [0.3, 0.4) is 0 Å². The van der Waals surface area contributed by atoms with Gasteiger partial charge in [-0.2, -0.15) is 5.10 Å². The first kappa shape index (κ1) is 20.4. The van der Waals surface area contributed by atoms with Crippen LogP contribution in [0, 0.1) is 0 Å². The maximum absolute atomic E-state index is 12.3. The van der Waals surface area contributed by atoms with Crippen molar-refractivity contribution in [3.8, 4) is 5.75 Å². The van der Waals surface area contributed by atoms with Gasteiger partial charge in [0.25, 0.3) is 0 Å². The average Bonchev–Trinajstić information content (AvgIpc) is 3.55. The molecule has 2 fully saturated rings. The van der Waals surface area contributed by atoms with Crippen molar-refractivity contribution >= 4 is 17.4 Å². The molecular formula is C20H22F3N5O2. The van der Waals surface area contributed by atoms with Crippen LogP contribution in [0.1, 0.15) is 24.5 Å². The summed E-state index contributed by atoms with van der Waals surface area (Å²) < 4.78 is 40.4. The molecule has 1 N–H and O–H groups in total. The van der Waals surface area contributed by atoms with Gasteiger partial charge in [-0.1, -0.05) is 0 Å². The second-order valence-corrected chi connectivity index (χ2v) is 7.47. The summed E-state index contributed by atoms with van der Waals surface area (Å²) in [4.78, 5) is 16.4. The van der Waals surface area contributed by atoms with Crippen LogP contribution in [0.25, 0.3) is 0 Å². The zero-order valence-corrected chi connectivity index (χ0v) is 16.2. The van der Waals surface area contributed by atoms with E-state index in [2.05, 4.69) is 25.2 Å². The van der Waals surface area contributed by atoms with Crippen molar-refractivity contribution in [3.05, 3.63) is 42.1 Å². The molecular weight excluding hydrogens is 399 g/mol. The first-order chi connectivity index (χ1) is 14.4. The number of amides is 1. The third-order valence-electron chi connectivity index (χ3n) is 5.10. The average molecular weight is 421 g/mol. The number of carbonyl (C=O) groups excluding carboxylic acids is 1. The van der Waals surface area contributed by atoms with Gasteiger partial charge in [0.2, 0.25) is 5.91 Å². The van der Waals surface area contributed by atoms with Crippen molar-refractivity contribution in [3.63, 3.8) is 0 Å². The number of anilines is 2. The molecule has 1 saturated carbocycles. The Morgan fingerprint density at radius 1 is 1.03 bits per heavy atom. The molecule has 1 saturated heterocycles. The molecule has 7 nitrogen and oxygen atoms in total. The number of piperazine rings is 1. The van der Waals surface area contributed by atoms with Crippen molar-refractivity contribution in [1.29, 1.82) is 0 Å².